The second-order valence-electron chi connectivity index (χ2n) is 6.37. The van der Waals surface area contributed by atoms with Crippen molar-refractivity contribution < 1.29 is 24.2 Å². The topological polar surface area (TPSA) is 95.9 Å². The van der Waals surface area contributed by atoms with Crippen LogP contribution in [0.2, 0.25) is 0 Å². The van der Waals surface area contributed by atoms with Crippen LogP contribution in [-0.4, -0.2) is 45.7 Å². The van der Waals surface area contributed by atoms with Crippen molar-refractivity contribution in [3.05, 3.63) is 23.9 Å². The van der Waals surface area contributed by atoms with Gasteiger partial charge in [-0.1, -0.05) is 12.7 Å². The van der Waals surface area contributed by atoms with Crippen molar-refractivity contribution in [3.63, 3.8) is 0 Å². The predicted octanol–water partition coefficient (Wildman–Crippen LogP) is 1.41. The Balaban J connectivity index is 2.26. The highest BCUT2D eigenvalue weighted by atomic mass is 16.6. The van der Waals surface area contributed by atoms with Crippen molar-refractivity contribution in [1.82, 2.24) is 10.2 Å². The second-order valence-corrected chi connectivity index (χ2v) is 6.37. The van der Waals surface area contributed by atoms with Gasteiger partial charge in [0.15, 0.2) is 0 Å². The molecule has 7 nitrogen and oxygen atoms in total. The maximum Gasteiger partial charge on any atom is 0.408 e. The minimum Gasteiger partial charge on any atom is -0.477 e. The zero-order chi connectivity index (χ0) is 16.7. The van der Waals surface area contributed by atoms with E-state index < -0.39 is 23.7 Å². The molecule has 0 saturated carbocycles. The molecule has 0 aliphatic carbocycles. The molecule has 2 heterocycles. The number of carboxylic acids is 1. The molecule has 0 aromatic carbocycles. The number of carboxylic acid groups (broad SMARTS) is 1. The normalized spacial score (nSPS) is 24.3. The molecule has 2 unspecified atom stereocenters. The highest BCUT2D eigenvalue weighted by Crippen LogP contribution is 2.37. The first-order valence-electron chi connectivity index (χ1n) is 7.05. The van der Waals surface area contributed by atoms with E-state index in [9.17, 15) is 19.5 Å². The van der Waals surface area contributed by atoms with Crippen LogP contribution in [0.15, 0.2) is 23.9 Å². The number of amides is 2. The Labute approximate surface area is 128 Å². The molecule has 2 amide bonds. The van der Waals surface area contributed by atoms with Gasteiger partial charge in [0.05, 0.1) is 6.04 Å². The van der Waals surface area contributed by atoms with E-state index in [1.807, 2.05) is 0 Å². The molecule has 0 radical (unpaired) electrons. The Kier molecular flexibility index (Phi) is 4.00. The van der Waals surface area contributed by atoms with E-state index in [2.05, 4.69) is 11.9 Å². The van der Waals surface area contributed by atoms with E-state index in [0.29, 0.717) is 12.0 Å². The highest BCUT2D eigenvalue weighted by Gasteiger charge is 2.47. The summed E-state index contributed by atoms with van der Waals surface area (Å²) in [5.74, 6) is -1.43. The quantitative estimate of drug-likeness (QED) is 0.768. The molecule has 0 aromatic rings. The molecule has 7 heteroatoms. The van der Waals surface area contributed by atoms with Crippen LogP contribution in [0.5, 0.6) is 0 Å². The molecule has 1 saturated heterocycles. The number of alkyl carbamates (subject to hydrolysis) is 1. The van der Waals surface area contributed by atoms with Crippen molar-refractivity contribution in [1.29, 1.82) is 0 Å². The Hall–Kier alpha value is -2.31. The van der Waals surface area contributed by atoms with Gasteiger partial charge in [-0.3, -0.25) is 4.79 Å². The number of nitrogens with zero attached hydrogens (tertiary/aromatic N) is 1. The fourth-order valence-electron chi connectivity index (χ4n) is 2.73. The molecule has 2 N–H and O–H groups in total. The summed E-state index contributed by atoms with van der Waals surface area (Å²) in [7, 11) is 0. The molecule has 1 fully saturated rings. The van der Waals surface area contributed by atoms with Gasteiger partial charge in [-0.25, -0.2) is 9.59 Å². The molecule has 0 bridgehead atoms. The SMILES string of the molecule is C=CC1=C(C(=O)O)N2C(=O)CC2CC1NC(=O)OC(C)(C)C. The zero-order valence-corrected chi connectivity index (χ0v) is 12.9. The number of β-lactam (4-membered cyclic amide) rings is 1. The van der Waals surface area contributed by atoms with Crippen LogP contribution < -0.4 is 5.32 Å². The largest absolute Gasteiger partial charge is 0.477 e. The number of hydrogen-bond donors (Lipinski definition) is 2. The van der Waals surface area contributed by atoms with E-state index in [4.69, 9.17) is 4.74 Å². The van der Waals surface area contributed by atoms with E-state index in [-0.39, 0.29) is 24.1 Å². The molecule has 120 valence electrons. The Morgan fingerprint density at radius 3 is 2.55 bits per heavy atom. The van der Waals surface area contributed by atoms with Crippen LogP contribution in [0.25, 0.3) is 0 Å². The van der Waals surface area contributed by atoms with Crippen molar-refractivity contribution in [2.75, 3.05) is 0 Å². The highest BCUT2D eigenvalue weighted by molar-refractivity contribution is 5.98. The van der Waals surface area contributed by atoms with Crippen LogP contribution in [0.1, 0.15) is 33.6 Å². The second kappa shape index (κ2) is 5.47. The van der Waals surface area contributed by atoms with Crippen LogP contribution in [-0.2, 0) is 14.3 Å². The van der Waals surface area contributed by atoms with Gasteiger partial charge in [0.25, 0.3) is 0 Å². The maximum absolute atomic E-state index is 11.9. The number of fused-ring (bicyclic) bond motifs is 1. The Bertz CT molecular complexity index is 573. The first-order valence-corrected chi connectivity index (χ1v) is 7.05. The van der Waals surface area contributed by atoms with Gasteiger partial charge in [0.1, 0.15) is 11.3 Å². The van der Waals surface area contributed by atoms with Crippen molar-refractivity contribution in [2.45, 2.75) is 51.3 Å². The molecule has 2 aliphatic heterocycles. The molecule has 2 atom stereocenters. The van der Waals surface area contributed by atoms with Gasteiger partial charge in [-0.15, -0.1) is 0 Å². The van der Waals surface area contributed by atoms with Crippen LogP contribution in [0.4, 0.5) is 4.79 Å². The van der Waals surface area contributed by atoms with Crippen molar-refractivity contribution in [2.24, 2.45) is 0 Å². The van der Waals surface area contributed by atoms with Crippen LogP contribution in [0.3, 0.4) is 0 Å². The number of hydrogen-bond acceptors (Lipinski definition) is 4. The van der Waals surface area contributed by atoms with E-state index in [1.165, 1.54) is 11.0 Å². The van der Waals surface area contributed by atoms with E-state index in [1.54, 1.807) is 20.8 Å². The third kappa shape index (κ3) is 2.98. The standard InChI is InChI=1S/C15H20N2O5/c1-5-9-10(16-14(21)22-15(2,3)4)6-8-7-11(18)17(8)12(9)13(19)20/h5,8,10H,1,6-7H2,2-4H3,(H,16,21)(H,19,20). The van der Waals surface area contributed by atoms with Crippen molar-refractivity contribution >= 4 is 18.0 Å². The summed E-state index contributed by atoms with van der Waals surface area (Å²) >= 11 is 0. The van der Waals surface area contributed by atoms with Gasteiger partial charge in [-0.2, -0.15) is 0 Å². The zero-order valence-electron chi connectivity index (χ0n) is 12.9. The monoisotopic (exact) mass is 308 g/mol. The number of carbonyl (C=O) groups excluding carboxylic acids is 2. The number of aliphatic carboxylic acids is 1. The molecular formula is C15H20N2O5. The summed E-state index contributed by atoms with van der Waals surface area (Å²) in [6.07, 6.45) is 1.48. The number of ether oxygens (including phenoxy) is 1. The maximum atomic E-state index is 11.9. The van der Waals surface area contributed by atoms with Gasteiger partial charge in [-0.05, 0) is 27.2 Å². The lowest BCUT2D eigenvalue weighted by Gasteiger charge is -2.46. The molecule has 2 aliphatic rings. The average molecular weight is 308 g/mol. The van der Waals surface area contributed by atoms with Gasteiger partial charge in [0, 0.05) is 18.0 Å². The minimum absolute atomic E-state index is 0.108. The van der Waals surface area contributed by atoms with Gasteiger partial charge in [0.2, 0.25) is 5.91 Å². The fourth-order valence-corrected chi connectivity index (χ4v) is 2.73. The summed E-state index contributed by atoms with van der Waals surface area (Å²) in [6.45, 7) is 8.83. The molecule has 0 aromatic heterocycles. The lowest BCUT2D eigenvalue weighted by molar-refractivity contribution is -0.150. The average Bonchev–Trinajstić information content (AvgIpc) is 2.34. The van der Waals surface area contributed by atoms with E-state index >= 15 is 0 Å². The summed E-state index contributed by atoms with van der Waals surface area (Å²) in [5.41, 5.74) is -0.434. The van der Waals surface area contributed by atoms with Crippen LogP contribution >= 0.6 is 0 Å². The van der Waals surface area contributed by atoms with Crippen molar-refractivity contribution in [3.8, 4) is 0 Å². The summed E-state index contributed by atoms with van der Waals surface area (Å²) in [5, 5.41) is 12.0. The van der Waals surface area contributed by atoms with Crippen LogP contribution in [0, 0.1) is 0 Å². The number of nitrogens with one attached hydrogen (secondary N) is 1. The Morgan fingerprint density at radius 2 is 2.09 bits per heavy atom. The van der Waals surface area contributed by atoms with E-state index in [0.717, 1.165) is 0 Å². The minimum atomic E-state index is -1.20. The lowest BCUT2D eigenvalue weighted by Crippen LogP contribution is -2.60. The smallest absolute Gasteiger partial charge is 0.408 e. The first-order chi connectivity index (χ1) is 10.1. The molecule has 0 spiro atoms. The predicted molar refractivity (Wildman–Crippen MR) is 77.9 cm³/mol. The van der Waals surface area contributed by atoms with Gasteiger partial charge < -0.3 is 20.1 Å². The summed E-state index contributed by atoms with van der Waals surface area (Å²) < 4.78 is 5.20. The molecule has 22 heavy (non-hydrogen) atoms. The third-order valence-electron chi connectivity index (χ3n) is 3.56. The summed E-state index contributed by atoms with van der Waals surface area (Å²) in [6, 6.07) is -0.741. The Morgan fingerprint density at radius 1 is 1.45 bits per heavy atom. The first kappa shape index (κ1) is 16.1. The number of rotatable bonds is 3. The third-order valence-corrected chi connectivity index (χ3v) is 3.56. The molecular weight excluding hydrogens is 288 g/mol. The molecule has 2 rings (SSSR count). The number of carbonyl (C=O) groups is 3. The van der Waals surface area contributed by atoms with Gasteiger partial charge >= 0.3 is 12.1 Å². The summed E-state index contributed by atoms with van der Waals surface area (Å²) in [4.78, 5) is 36.3. The fraction of sp³-hybridized carbons (Fsp3) is 0.533. The lowest BCUT2D eigenvalue weighted by atomic mass is 9.84.